The summed E-state index contributed by atoms with van der Waals surface area (Å²) < 4.78 is 0.841. The van der Waals surface area contributed by atoms with Crippen LogP contribution in [-0.4, -0.2) is 33.4 Å². The molecule has 2 rings (SSSR count). The Hall–Kier alpha value is -1.09. The van der Waals surface area contributed by atoms with Gasteiger partial charge in [0.25, 0.3) is 5.56 Å². The fourth-order valence-electron chi connectivity index (χ4n) is 1.45. The number of aromatic nitrogens is 3. The molecule has 0 radical (unpaired) electrons. The highest BCUT2D eigenvalue weighted by atomic mass is 35.5. The number of amides is 1. The van der Waals surface area contributed by atoms with Gasteiger partial charge in [0.15, 0.2) is 10.9 Å². The molecule has 6 nitrogen and oxygen atoms in total. The van der Waals surface area contributed by atoms with Crippen LogP contribution in [0.4, 0.5) is 0 Å². The molecule has 2 aromatic rings. The topological polar surface area (TPSA) is 87.7 Å². The van der Waals surface area contributed by atoms with Crippen molar-refractivity contribution >= 4 is 52.2 Å². The smallest absolute Gasteiger partial charge is 0.278 e. The molecule has 0 saturated heterocycles. The molecule has 21 heavy (non-hydrogen) atoms. The van der Waals surface area contributed by atoms with Crippen LogP contribution in [0.25, 0.3) is 11.3 Å². The van der Waals surface area contributed by atoms with E-state index in [2.05, 4.69) is 20.5 Å². The molecule has 2 N–H and O–H groups in total. The van der Waals surface area contributed by atoms with Gasteiger partial charge in [-0.25, -0.2) is 0 Å². The van der Waals surface area contributed by atoms with Gasteiger partial charge in [0.05, 0.1) is 10.1 Å². The minimum atomic E-state index is -0.431. The lowest BCUT2D eigenvalue weighted by Gasteiger charge is -2.02. The Bertz CT molecular complexity index is 716. The summed E-state index contributed by atoms with van der Waals surface area (Å²) in [5.74, 6) is 0.0185. The summed E-state index contributed by atoms with van der Waals surface area (Å²) in [5.41, 5.74) is 0.117. The van der Waals surface area contributed by atoms with Gasteiger partial charge >= 0.3 is 0 Å². The molecule has 0 bridgehead atoms. The summed E-state index contributed by atoms with van der Waals surface area (Å²) in [7, 11) is 0. The van der Waals surface area contributed by atoms with E-state index in [0.29, 0.717) is 20.8 Å². The number of aromatic amines is 1. The van der Waals surface area contributed by atoms with Crippen molar-refractivity contribution in [3.63, 3.8) is 0 Å². The Labute approximate surface area is 138 Å². The zero-order chi connectivity index (χ0) is 15.4. The van der Waals surface area contributed by atoms with Crippen molar-refractivity contribution in [1.82, 2.24) is 20.5 Å². The van der Waals surface area contributed by atoms with Crippen LogP contribution in [0.3, 0.4) is 0 Å². The van der Waals surface area contributed by atoms with E-state index in [-0.39, 0.29) is 22.5 Å². The van der Waals surface area contributed by atoms with Crippen molar-refractivity contribution in [3.05, 3.63) is 25.1 Å². The number of rotatable bonds is 5. The van der Waals surface area contributed by atoms with Crippen molar-refractivity contribution < 1.29 is 4.79 Å². The highest BCUT2D eigenvalue weighted by Crippen LogP contribution is 2.35. The van der Waals surface area contributed by atoms with Crippen LogP contribution in [0, 0.1) is 0 Å². The van der Waals surface area contributed by atoms with Gasteiger partial charge in [-0.3, -0.25) is 14.6 Å². The Morgan fingerprint density at radius 1 is 1.48 bits per heavy atom. The fraction of sp³-hybridized carbons (Fsp3) is 0.273. The van der Waals surface area contributed by atoms with Crippen LogP contribution in [0.5, 0.6) is 0 Å². The highest BCUT2D eigenvalue weighted by molar-refractivity contribution is 7.99. The third-order valence-corrected chi connectivity index (χ3v) is 4.65. The van der Waals surface area contributed by atoms with Crippen LogP contribution in [0.15, 0.2) is 16.0 Å². The maximum Gasteiger partial charge on any atom is 0.278 e. The molecule has 2 aromatic heterocycles. The van der Waals surface area contributed by atoms with Gasteiger partial charge in [0, 0.05) is 12.1 Å². The number of thioether (sulfide) groups is 1. The van der Waals surface area contributed by atoms with Crippen molar-refractivity contribution in [3.8, 4) is 11.3 Å². The van der Waals surface area contributed by atoms with Crippen LogP contribution >= 0.6 is 46.3 Å². The van der Waals surface area contributed by atoms with Gasteiger partial charge in [0.1, 0.15) is 4.34 Å². The van der Waals surface area contributed by atoms with Crippen molar-refractivity contribution in [2.24, 2.45) is 0 Å². The van der Waals surface area contributed by atoms with Crippen molar-refractivity contribution in [2.45, 2.75) is 12.1 Å². The number of halogens is 2. The van der Waals surface area contributed by atoms with E-state index in [1.54, 1.807) is 6.07 Å². The number of carbonyl (C=O) groups excluding carboxylic acids is 1. The molecule has 1 amide bonds. The normalized spacial score (nSPS) is 10.6. The maximum atomic E-state index is 12.0. The highest BCUT2D eigenvalue weighted by Gasteiger charge is 2.15. The average Bonchev–Trinajstić information content (AvgIpc) is 2.76. The Kier molecular flexibility index (Phi) is 5.63. The molecule has 0 spiro atoms. The minimum absolute atomic E-state index is 0.102. The van der Waals surface area contributed by atoms with Crippen LogP contribution in [0.1, 0.15) is 6.92 Å². The summed E-state index contributed by atoms with van der Waals surface area (Å²) >= 11 is 14.1. The number of hydrogen-bond donors (Lipinski definition) is 2. The first kappa shape index (κ1) is 16.3. The van der Waals surface area contributed by atoms with E-state index in [9.17, 15) is 9.59 Å². The van der Waals surface area contributed by atoms with E-state index in [4.69, 9.17) is 23.2 Å². The first-order valence-corrected chi connectivity index (χ1v) is 8.38. The molecule has 0 unspecified atom stereocenters. The van der Waals surface area contributed by atoms with E-state index in [1.807, 2.05) is 6.92 Å². The lowest BCUT2D eigenvalue weighted by atomic mass is 10.2. The van der Waals surface area contributed by atoms with Gasteiger partial charge in [-0.05, 0) is 13.0 Å². The van der Waals surface area contributed by atoms with Gasteiger partial charge in [0.2, 0.25) is 5.91 Å². The van der Waals surface area contributed by atoms with Gasteiger partial charge in [-0.15, -0.1) is 21.5 Å². The predicted molar refractivity (Wildman–Crippen MR) is 85.4 cm³/mol. The molecule has 0 aliphatic carbocycles. The van der Waals surface area contributed by atoms with Crippen LogP contribution in [-0.2, 0) is 4.79 Å². The first-order chi connectivity index (χ1) is 10.0. The molecular weight excluding hydrogens is 355 g/mol. The van der Waals surface area contributed by atoms with Crippen molar-refractivity contribution in [2.75, 3.05) is 12.3 Å². The van der Waals surface area contributed by atoms with E-state index < -0.39 is 5.56 Å². The predicted octanol–water partition coefficient (Wildman–Crippen LogP) is 2.43. The SMILES string of the molecule is CCNC(=O)CSc1nnc(-c2cc(Cl)sc2Cl)c(=O)[nH]1. The maximum absolute atomic E-state index is 12.0. The molecular formula is C11H10Cl2N4O2S2. The molecule has 2 heterocycles. The molecule has 112 valence electrons. The molecule has 0 aliphatic heterocycles. The third kappa shape index (κ3) is 4.19. The summed E-state index contributed by atoms with van der Waals surface area (Å²) in [5, 5.41) is 10.7. The van der Waals surface area contributed by atoms with Crippen molar-refractivity contribution in [1.29, 1.82) is 0 Å². The molecule has 10 heteroatoms. The lowest BCUT2D eigenvalue weighted by molar-refractivity contribution is -0.118. The quantitative estimate of drug-likeness (QED) is 0.795. The second kappa shape index (κ2) is 7.26. The summed E-state index contributed by atoms with van der Waals surface area (Å²) in [4.78, 5) is 25.9. The van der Waals surface area contributed by atoms with E-state index in [1.165, 1.54) is 0 Å². The molecule has 0 atom stereocenters. The summed E-state index contributed by atoms with van der Waals surface area (Å²) in [6, 6.07) is 1.56. The van der Waals surface area contributed by atoms with E-state index in [0.717, 1.165) is 23.1 Å². The molecule has 0 aliphatic rings. The standard InChI is InChI=1S/C11H10Cl2N4O2S2/c1-2-14-7(18)4-20-11-15-10(19)8(16-17-11)5-3-6(12)21-9(5)13/h3H,2,4H2,1H3,(H,14,18)(H,15,17,19). The number of H-pyrrole nitrogens is 1. The zero-order valence-corrected chi connectivity index (χ0v) is 13.9. The number of nitrogens with zero attached hydrogens (tertiary/aromatic N) is 2. The first-order valence-electron chi connectivity index (χ1n) is 5.83. The van der Waals surface area contributed by atoms with Gasteiger partial charge in [-0.1, -0.05) is 35.0 Å². The van der Waals surface area contributed by atoms with Crippen LogP contribution in [0.2, 0.25) is 8.67 Å². The molecule has 0 saturated carbocycles. The summed E-state index contributed by atoms with van der Waals surface area (Å²) in [6.45, 7) is 2.38. The van der Waals surface area contributed by atoms with E-state index >= 15 is 0 Å². The monoisotopic (exact) mass is 364 g/mol. The fourth-order valence-corrected chi connectivity index (χ4v) is 3.55. The number of carbonyl (C=O) groups is 1. The summed E-state index contributed by atoms with van der Waals surface area (Å²) in [6.07, 6.45) is 0. The Balaban J connectivity index is 2.16. The zero-order valence-electron chi connectivity index (χ0n) is 10.8. The second-order valence-electron chi connectivity index (χ2n) is 3.79. The lowest BCUT2D eigenvalue weighted by Crippen LogP contribution is -2.24. The average molecular weight is 365 g/mol. The Morgan fingerprint density at radius 3 is 2.81 bits per heavy atom. The second-order valence-corrected chi connectivity index (χ2v) is 7.04. The van der Waals surface area contributed by atoms with Crippen LogP contribution < -0.4 is 10.9 Å². The minimum Gasteiger partial charge on any atom is -0.356 e. The molecule has 0 aromatic carbocycles. The molecule has 0 fully saturated rings. The number of nitrogens with one attached hydrogen (secondary N) is 2. The van der Waals surface area contributed by atoms with Gasteiger partial charge in [-0.2, -0.15) is 0 Å². The Morgan fingerprint density at radius 2 is 2.24 bits per heavy atom. The largest absolute Gasteiger partial charge is 0.356 e. The number of thiophene rings is 1. The number of hydrogen-bond acceptors (Lipinski definition) is 6. The van der Waals surface area contributed by atoms with Gasteiger partial charge < -0.3 is 5.32 Å². The third-order valence-electron chi connectivity index (χ3n) is 2.30.